The van der Waals surface area contributed by atoms with E-state index in [4.69, 9.17) is 14.6 Å². The standard InChI is InChI=1S/C9H13NO3/c1-7(12-2)13-9-5-10-4-3-8(9)6-11/h3-5,7,11H,6H2,1-2H3. The fourth-order valence-corrected chi connectivity index (χ4v) is 0.872. The third-order valence-electron chi connectivity index (χ3n) is 1.67. The highest BCUT2D eigenvalue weighted by Crippen LogP contribution is 2.17. The van der Waals surface area contributed by atoms with Crippen molar-refractivity contribution in [3.05, 3.63) is 24.0 Å². The van der Waals surface area contributed by atoms with Crippen LogP contribution in [0.2, 0.25) is 0 Å². The fraction of sp³-hybridized carbons (Fsp3) is 0.444. The van der Waals surface area contributed by atoms with Gasteiger partial charge < -0.3 is 14.6 Å². The summed E-state index contributed by atoms with van der Waals surface area (Å²) < 4.78 is 10.3. The number of aliphatic hydroxyl groups is 1. The molecule has 0 fully saturated rings. The molecule has 1 heterocycles. The van der Waals surface area contributed by atoms with E-state index < -0.39 is 0 Å². The number of aromatic nitrogens is 1. The Hall–Kier alpha value is -1.13. The van der Waals surface area contributed by atoms with Crippen molar-refractivity contribution in [2.45, 2.75) is 19.8 Å². The third kappa shape index (κ3) is 2.68. The summed E-state index contributed by atoms with van der Waals surface area (Å²) in [5, 5.41) is 8.96. The van der Waals surface area contributed by atoms with Crippen LogP contribution in [0.4, 0.5) is 0 Å². The highest BCUT2D eigenvalue weighted by Gasteiger charge is 2.05. The van der Waals surface area contributed by atoms with Gasteiger partial charge in [-0.2, -0.15) is 0 Å². The molecule has 4 nitrogen and oxygen atoms in total. The van der Waals surface area contributed by atoms with E-state index in [0.29, 0.717) is 11.3 Å². The Kier molecular flexibility index (Phi) is 3.67. The van der Waals surface area contributed by atoms with Crippen molar-refractivity contribution in [1.82, 2.24) is 4.98 Å². The SMILES string of the molecule is COC(C)Oc1cnccc1CO. The second kappa shape index (κ2) is 4.79. The lowest BCUT2D eigenvalue weighted by Gasteiger charge is -2.14. The maximum Gasteiger partial charge on any atom is 0.196 e. The Labute approximate surface area is 77.1 Å². The summed E-state index contributed by atoms with van der Waals surface area (Å²) in [6.07, 6.45) is 2.83. The summed E-state index contributed by atoms with van der Waals surface area (Å²) in [7, 11) is 1.56. The van der Waals surface area contributed by atoms with Crippen LogP contribution in [0.5, 0.6) is 5.75 Å². The van der Waals surface area contributed by atoms with Crippen LogP contribution in [-0.4, -0.2) is 23.5 Å². The van der Waals surface area contributed by atoms with Crippen LogP contribution in [0, 0.1) is 0 Å². The molecule has 1 atom stereocenters. The Balaban J connectivity index is 2.74. The zero-order chi connectivity index (χ0) is 9.68. The number of pyridine rings is 1. The molecule has 1 aromatic rings. The molecule has 0 saturated carbocycles. The molecular formula is C9H13NO3. The first-order valence-corrected chi connectivity index (χ1v) is 4.01. The van der Waals surface area contributed by atoms with Gasteiger partial charge in [0.2, 0.25) is 0 Å². The molecule has 0 saturated heterocycles. The maximum absolute atomic E-state index is 8.96. The van der Waals surface area contributed by atoms with Gasteiger partial charge in [-0.1, -0.05) is 0 Å². The summed E-state index contributed by atoms with van der Waals surface area (Å²) >= 11 is 0. The number of hydrogen-bond acceptors (Lipinski definition) is 4. The minimum Gasteiger partial charge on any atom is -0.463 e. The number of nitrogens with zero attached hydrogens (tertiary/aromatic N) is 1. The third-order valence-corrected chi connectivity index (χ3v) is 1.67. The Bertz CT molecular complexity index is 265. The van der Waals surface area contributed by atoms with E-state index >= 15 is 0 Å². The lowest BCUT2D eigenvalue weighted by molar-refractivity contribution is -0.0395. The van der Waals surface area contributed by atoms with Gasteiger partial charge in [-0.25, -0.2) is 0 Å². The molecular weight excluding hydrogens is 170 g/mol. The number of aliphatic hydroxyl groups excluding tert-OH is 1. The lowest BCUT2D eigenvalue weighted by atomic mass is 10.2. The highest BCUT2D eigenvalue weighted by atomic mass is 16.7. The van der Waals surface area contributed by atoms with Gasteiger partial charge in [-0.05, 0) is 13.0 Å². The highest BCUT2D eigenvalue weighted by molar-refractivity contribution is 5.28. The topological polar surface area (TPSA) is 51.6 Å². The van der Waals surface area contributed by atoms with Gasteiger partial charge in [-0.15, -0.1) is 0 Å². The van der Waals surface area contributed by atoms with E-state index in [-0.39, 0.29) is 12.9 Å². The smallest absolute Gasteiger partial charge is 0.196 e. The van der Waals surface area contributed by atoms with Crippen molar-refractivity contribution >= 4 is 0 Å². The zero-order valence-corrected chi connectivity index (χ0v) is 7.73. The molecule has 4 heteroatoms. The molecule has 0 radical (unpaired) electrons. The Morgan fingerprint density at radius 2 is 2.38 bits per heavy atom. The quantitative estimate of drug-likeness (QED) is 0.706. The van der Waals surface area contributed by atoms with Crippen LogP contribution in [0.25, 0.3) is 0 Å². The molecule has 0 aromatic carbocycles. The molecule has 13 heavy (non-hydrogen) atoms. The van der Waals surface area contributed by atoms with Gasteiger partial charge >= 0.3 is 0 Å². The molecule has 0 amide bonds. The predicted molar refractivity (Wildman–Crippen MR) is 47.3 cm³/mol. The van der Waals surface area contributed by atoms with E-state index in [9.17, 15) is 0 Å². The number of methoxy groups -OCH3 is 1. The van der Waals surface area contributed by atoms with Crippen LogP contribution in [-0.2, 0) is 11.3 Å². The summed E-state index contributed by atoms with van der Waals surface area (Å²) in [6, 6.07) is 1.71. The van der Waals surface area contributed by atoms with Crippen LogP contribution in [0.3, 0.4) is 0 Å². The van der Waals surface area contributed by atoms with Gasteiger partial charge in [-0.3, -0.25) is 4.98 Å². The summed E-state index contributed by atoms with van der Waals surface area (Å²) in [4.78, 5) is 3.89. The molecule has 1 unspecified atom stereocenters. The van der Waals surface area contributed by atoms with E-state index in [1.165, 1.54) is 0 Å². The Morgan fingerprint density at radius 3 is 3.00 bits per heavy atom. The molecule has 1 aromatic heterocycles. The van der Waals surface area contributed by atoms with Gasteiger partial charge in [0.1, 0.15) is 5.75 Å². The second-order valence-corrected chi connectivity index (χ2v) is 2.56. The van der Waals surface area contributed by atoms with Crippen LogP contribution < -0.4 is 4.74 Å². The van der Waals surface area contributed by atoms with Crippen molar-refractivity contribution in [3.8, 4) is 5.75 Å². The summed E-state index contributed by atoms with van der Waals surface area (Å²) in [6.45, 7) is 1.71. The number of hydrogen-bond donors (Lipinski definition) is 1. The summed E-state index contributed by atoms with van der Waals surface area (Å²) in [5.41, 5.74) is 0.707. The predicted octanol–water partition coefficient (Wildman–Crippen LogP) is 0.945. The van der Waals surface area contributed by atoms with Crippen molar-refractivity contribution in [2.75, 3.05) is 7.11 Å². The first kappa shape index (κ1) is 9.95. The molecule has 0 aliphatic carbocycles. The molecule has 0 bridgehead atoms. The minimum absolute atomic E-state index is 0.0612. The molecule has 1 N–H and O–H groups in total. The van der Waals surface area contributed by atoms with Crippen molar-refractivity contribution in [3.63, 3.8) is 0 Å². The molecule has 72 valence electrons. The average molecular weight is 183 g/mol. The first-order chi connectivity index (χ1) is 6.27. The van der Waals surface area contributed by atoms with Crippen LogP contribution >= 0.6 is 0 Å². The van der Waals surface area contributed by atoms with E-state index in [0.717, 1.165) is 0 Å². The molecule has 0 aliphatic rings. The molecule has 1 rings (SSSR count). The van der Waals surface area contributed by atoms with Gasteiger partial charge in [0.15, 0.2) is 6.29 Å². The first-order valence-electron chi connectivity index (χ1n) is 4.01. The zero-order valence-electron chi connectivity index (χ0n) is 7.73. The summed E-state index contributed by atoms with van der Waals surface area (Å²) in [5.74, 6) is 0.555. The van der Waals surface area contributed by atoms with Gasteiger partial charge in [0.25, 0.3) is 0 Å². The molecule has 0 aliphatic heterocycles. The van der Waals surface area contributed by atoms with E-state index in [2.05, 4.69) is 4.98 Å². The monoisotopic (exact) mass is 183 g/mol. The lowest BCUT2D eigenvalue weighted by Crippen LogP contribution is -2.14. The largest absolute Gasteiger partial charge is 0.463 e. The number of rotatable bonds is 4. The Morgan fingerprint density at radius 1 is 1.62 bits per heavy atom. The maximum atomic E-state index is 8.96. The number of ether oxygens (including phenoxy) is 2. The van der Waals surface area contributed by atoms with Crippen molar-refractivity contribution in [1.29, 1.82) is 0 Å². The van der Waals surface area contributed by atoms with E-state index in [1.54, 1.807) is 32.5 Å². The van der Waals surface area contributed by atoms with Gasteiger partial charge in [0.05, 0.1) is 12.8 Å². The average Bonchev–Trinajstić information content (AvgIpc) is 2.18. The molecule has 0 spiro atoms. The normalized spacial score (nSPS) is 12.5. The van der Waals surface area contributed by atoms with Crippen LogP contribution in [0.15, 0.2) is 18.5 Å². The fourth-order valence-electron chi connectivity index (χ4n) is 0.872. The van der Waals surface area contributed by atoms with Gasteiger partial charge in [0, 0.05) is 18.9 Å². The van der Waals surface area contributed by atoms with E-state index in [1.807, 2.05) is 0 Å². The second-order valence-electron chi connectivity index (χ2n) is 2.56. The minimum atomic E-state index is -0.338. The van der Waals surface area contributed by atoms with Crippen molar-refractivity contribution in [2.24, 2.45) is 0 Å². The van der Waals surface area contributed by atoms with Crippen molar-refractivity contribution < 1.29 is 14.6 Å². The van der Waals surface area contributed by atoms with Crippen LogP contribution in [0.1, 0.15) is 12.5 Å².